The van der Waals surface area contributed by atoms with Crippen LogP contribution in [0.15, 0.2) is 42.5 Å². The van der Waals surface area contributed by atoms with Crippen LogP contribution in [0.25, 0.3) is 11.1 Å². The normalized spacial score (nSPS) is 10.7. The van der Waals surface area contributed by atoms with Crippen LogP contribution in [0.4, 0.5) is 4.39 Å². The van der Waals surface area contributed by atoms with Gasteiger partial charge in [0.15, 0.2) is 5.78 Å². The Labute approximate surface area is 118 Å². The highest BCUT2D eigenvalue weighted by Crippen LogP contribution is 2.28. The second-order valence-electron chi connectivity index (χ2n) is 4.94. The summed E-state index contributed by atoms with van der Waals surface area (Å²) in [6, 6.07) is 11.5. The summed E-state index contributed by atoms with van der Waals surface area (Å²) in [4.78, 5) is 11.7. The number of halogens is 1. The summed E-state index contributed by atoms with van der Waals surface area (Å²) in [5, 5.41) is 0. The lowest BCUT2D eigenvalue weighted by molar-refractivity contribution is 0.101. The molecule has 0 unspecified atom stereocenters. The number of carbonyl (C=O) groups excluding carboxylic acids is 1. The van der Waals surface area contributed by atoms with Crippen molar-refractivity contribution in [2.45, 2.75) is 26.9 Å². The Morgan fingerprint density at radius 2 is 1.90 bits per heavy atom. The van der Waals surface area contributed by atoms with Crippen LogP contribution in [0.2, 0.25) is 0 Å². The summed E-state index contributed by atoms with van der Waals surface area (Å²) in [6.45, 7) is 5.36. The maximum Gasteiger partial charge on any atom is 0.160 e. The number of carbonyl (C=O) groups is 1. The summed E-state index contributed by atoms with van der Waals surface area (Å²) in [7, 11) is 0. The zero-order valence-electron chi connectivity index (χ0n) is 11.8. The molecule has 20 heavy (non-hydrogen) atoms. The highest BCUT2D eigenvalue weighted by Gasteiger charge is 2.11. The van der Waals surface area contributed by atoms with Crippen LogP contribution >= 0.6 is 0 Å². The average Bonchev–Trinajstić information content (AvgIpc) is 2.37. The average molecular weight is 272 g/mol. The van der Waals surface area contributed by atoms with Crippen LogP contribution in [-0.4, -0.2) is 11.9 Å². The maximum atomic E-state index is 13.5. The van der Waals surface area contributed by atoms with E-state index in [1.54, 1.807) is 0 Å². The van der Waals surface area contributed by atoms with Crippen LogP contribution in [0.3, 0.4) is 0 Å². The fraction of sp³-hybridized carbons (Fsp3) is 0.235. The van der Waals surface area contributed by atoms with Gasteiger partial charge in [-0.15, -0.1) is 0 Å². The Balaban J connectivity index is 2.50. The van der Waals surface area contributed by atoms with Gasteiger partial charge in [-0.2, -0.15) is 0 Å². The summed E-state index contributed by atoms with van der Waals surface area (Å²) >= 11 is 0. The van der Waals surface area contributed by atoms with Gasteiger partial charge >= 0.3 is 0 Å². The third-order valence-electron chi connectivity index (χ3n) is 2.88. The fourth-order valence-corrected chi connectivity index (χ4v) is 2.07. The first kappa shape index (κ1) is 14.3. The molecule has 0 aliphatic carbocycles. The van der Waals surface area contributed by atoms with E-state index in [4.69, 9.17) is 4.74 Å². The Bertz CT molecular complexity index is 633. The minimum Gasteiger partial charge on any atom is -0.491 e. The second-order valence-corrected chi connectivity index (χ2v) is 4.94. The van der Waals surface area contributed by atoms with E-state index in [0.717, 1.165) is 5.56 Å². The molecule has 0 N–H and O–H groups in total. The van der Waals surface area contributed by atoms with Crippen molar-refractivity contribution in [1.29, 1.82) is 0 Å². The van der Waals surface area contributed by atoms with E-state index >= 15 is 0 Å². The number of Topliss-reactive ketones (excluding diaryl/α,β-unsaturated/α-hetero) is 1. The SMILES string of the molecule is CC(=O)c1ccc(F)cc1-c1cccc(OC(C)C)c1. The molecule has 0 aromatic heterocycles. The lowest BCUT2D eigenvalue weighted by atomic mass is 9.97. The molecule has 0 saturated carbocycles. The van der Waals surface area contributed by atoms with Gasteiger partial charge in [0, 0.05) is 5.56 Å². The lowest BCUT2D eigenvalue weighted by Crippen LogP contribution is -2.05. The molecule has 2 nitrogen and oxygen atoms in total. The highest BCUT2D eigenvalue weighted by atomic mass is 19.1. The summed E-state index contributed by atoms with van der Waals surface area (Å²) in [5.41, 5.74) is 1.87. The molecule has 0 bridgehead atoms. The Morgan fingerprint density at radius 1 is 1.15 bits per heavy atom. The molecule has 0 radical (unpaired) electrons. The summed E-state index contributed by atoms with van der Waals surface area (Å²) in [5.74, 6) is 0.256. The van der Waals surface area contributed by atoms with Crippen LogP contribution in [0.1, 0.15) is 31.1 Å². The van der Waals surface area contributed by atoms with Crippen LogP contribution in [-0.2, 0) is 0 Å². The third-order valence-corrected chi connectivity index (χ3v) is 2.88. The molecule has 0 aliphatic heterocycles. The van der Waals surface area contributed by atoms with Crippen molar-refractivity contribution >= 4 is 5.78 Å². The number of rotatable bonds is 4. The molecule has 2 aromatic rings. The van der Waals surface area contributed by atoms with E-state index in [0.29, 0.717) is 16.9 Å². The lowest BCUT2D eigenvalue weighted by Gasteiger charge is -2.12. The predicted molar refractivity (Wildman–Crippen MR) is 77.6 cm³/mol. The summed E-state index contributed by atoms with van der Waals surface area (Å²) < 4.78 is 19.1. The third kappa shape index (κ3) is 3.23. The Hall–Kier alpha value is -2.16. The van der Waals surface area contributed by atoms with Gasteiger partial charge in [-0.05, 0) is 62.2 Å². The highest BCUT2D eigenvalue weighted by molar-refractivity contribution is 6.00. The molecule has 0 atom stereocenters. The van der Waals surface area contributed by atoms with Crippen LogP contribution < -0.4 is 4.74 Å². The Kier molecular flexibility index (Phi) is 4.18. The van der Waals surface area contributed by atoms with Crippen molar-refractivity contribution in [2.75, 3.05) is 0 Å². The molecule has 0 saturated heterocycles. The van der Waals surface area contributed by atoms with E-state index in [1.165, 1.54) is 25.1 Å². The first-order valence-electron chi connectivity index (χ1n) is 6.55. The molecule has 3 heteroatoms. The molecule has 0 spiro atoms. The van der Waals surface area contributed by atoms with Gasteiger partial charge in [-0.1, -0.05) is 12.1 Å². The van der Waals surface area contributed by atoms with Gasteiger partial charge in [0.25, 0.3) is 0 Å². The van der Waals surface area contributed by atoms with E-state index in [9.17, 15) is 9.18 Å². The fourth-order valence-electron chi connectivity index (χ4n) is 2.07. The smallest absolute Gasteiger partial charge is 0.160 e. The number of ether oxygens (including phenoxy) is 1. The minimum absolute atomic E-state index is 0.0602. The first-order chi connectivity index (χ1) is 9.47. The van der Waals surface area contributed by atoms with E-state index in [2.05, 4.69) is 0 Å². The number of benzene rings is 2. The minimum atomic E-state index is -0.361. The zero-order chi connectivity index (χ0) is 14.7. The Morgan fingerprint density at radius 3 is 2.55 bits per heavy atom. The van der Waals surface area contributed by atoms with Crippen molar-refractivity contribution in [2.24, 2.45) is 0 Å². The van der Waals surface area contributed by atoms with Crippen LogP contribution in [0.5, 0.6) is 5.75 Å². The second kappa shape index (κ2) is 5.87. The molecule has 2 rings (SSSR count). The van der Waals surface area contributed by atoms with Gasteiger partial charge < -0.3 is 4.74 Å². The van der Waals surface area contributed by atoms with Crippen molar-refractivity contribution in [3.8, 4) is 16.9 Å². The van der Waals surface area contributed by atoms with Gasteiger partial charge in [-0.3, -0.25) is 4.79 Å². The number of hydrogen-bond donors (Lipinski definition) is 0. The molecule has 0 aliphatic rings. The maximum absolute atomic E-state index is 13.5. The van der Waals surface area contributed by atoms with Crippen LogP contribution in [0, 0.1) is 5.82 Å². The largest absolute Gasteiger partial charge is 0.491 e. The van der Waals surface area contributed by atoms with Gasteiger partial charge in [0.1, 0.15) is 11.6 Å². The quantitative estimate of drug-likeness (QED) is 0.767. The van der Waals surface area contributed by atoms with Gasteiger partial charge in [0.05, 0.1) is 6.10 Å². The molecular weight excluding hydrogens is 255 g/mol. The van der Waals surface area contributed by atoms with Crippen molar-refractivity contribution in [3.63, 3.8) is 0 Å². The zero-order valence-corrected chi connectivity index (χ0v) is 11.8. The number of ketones is 1. The van der Waals surface area contributed by atoms with Crippen molar-refractivity contribution in [1.82, 2.24) is 0 Å². The molecular formula is C17H17FO2. The van der Waals surface area contributed by atoms with Gasteiger partial charge in [-0.25, -0.2) is 4.39 Å². The molecule has 0 heterocycles. The topological polar surface area (TPSA) is 26.3 Å². The molecule has 0 amide bonds. The van der Waals surface area contributed by atoms with Crippen molar-refractivity contribution < 1.29 is 13.9 Å². The number of hydrogen-bond acceptors (Lipinski definition) is 2. The van der Waals surface area contributed by atoms with E-state index < -0.39 is 0 Å². The predicted octanol–water partition coefficient (Wildman–Crippen LogP) is 4.48. The van der Waals surface area contributed by atoms with Crippen molar-refractivity contribution in [3.05, 3.63) is 53.8 Å². The molecule has 104 valence electrons. The first-order valence-corrected chi connectivity index (χ1v) is 6.55. The van der Waals surface area contributed by atoms with E-state index in [-0.39, 0.29) is 17.7 Å². The molecule has 2 aromatic carbocycles. The molecule has 0 fully saturated rings. The standard InChI is InChI=1S/C17H17FO2/c1-11(2)20-15-6-4-5-13(9-15)17-10-14(18)7-8-16(17)12(3)19/h4-11H,1-3H3. The van der Waals surface area contributed by atoms with Gasteiger partial charge in [0.2, 0.25) is 0 Å². The summed E-state index contributed by atoms with van der Waals surface area (Å²) in [6.07, 6.45) is 0.0602. The van der Waals surface area contributed by atoms with E-state index in [1.807, 2.05) is 38.1 Å². The monoisotopic (exact) mass is 272 g/mol.